The maximum atomic E-state index is 5.56. The summed E-state index contributed by atoms with van der Waals surface area (Å²) in [6, 6.07) is 20.7. The summed E-state index contributed by atoms with van der Waals surface area (Å²) >= 11 is 0. The predicted molar refractivity (Wildman–Crippen MR) is 110 cm³/mol. The molecule has 0 fully saturated rings. The summed E-state index contributed by atoms with van der Waals surface area (Å²) in [7, 11) is 0. The summed E-state index contributed by atoms with van der Waals surface area (Å²) in [5, 5.41) is 4.93. The number of rotatable bonds is 6. The van der Waals surface area contributed by atoms with E-state index in [1.54, 1.807) is 0 Å². The lowest BCUT2D eigenvalue weighted by atomic mass is 9.96. The van der Waals surface area contributed by atoms with E-state index in [1.807, 2.05) is 31.5 Å². The second-order valence-electron chi connectivity index (χ2n) is 6.52. The molecule has 4 rings (SSSR count). The van der Waals surface area contributed by atoms with Gasteiger partial charge in [0.2, 0.25) is 0 Å². The Morgan fingerprint density at radius 2 is 1.74 bits per heavy atom. The van der Waals surface area contributed by atoms with Gasteiger partial charge in [0.1, 0.15) is 5.75 Å². The third kappa shape index (κ3) is 3.51. The first kappa shape index (κ1) is 17.2. The largest absolute Gasteiger partial charge is 0.494 e. The number of benzene rings is 2. The van der Waals surface area contributed by atoms with Crippen LogP contribution in [0.1, 0.15) is 29.8 Å². The fourth-order valence-corrected chi connectivity index (χ4v) is 3.53. The van der Waals surface area contributed by atoms with Crippen LogP contribution in [0.5, 0.6) is 5.75 Å². The number of para-hydroxylation sites is 1. The van der Waals surface area contributed by atoms with Crippen molar-refractivity contribution in [1.82, 2.24) is 9.97 Å². The molecule has 4 heteroatoms. The molecule has 0 bridgehead atoms. The first-order valence-electron chi connectivity index (χ1n) is 9.23. The molecule has 4 aromatic rings. The van der Waals surface area contributed by atoms with Crippen LogP contribution in [0.3, 0.4) is 0 Å². The number of hydrogen-bond donors (Lipinski definition) is 2. The molecule has 1 atom stereocenters. The number of aryl methyl sites for hydroxylation is 1. The smallest absolute Gasteiger partial charge is 0.119 e. The zero-order chi connectivity index (χ0) is 18.6. The van der Waals surface area contributed by atoms with E-state index >= 15 is 0 Å². The molecule has 0 spiro atoms. The molecule has 0 aliphatic carbocycles. The Morgan fingerprint density at radius 3 is 2.48 bits per heavy atom. The summed E-state index contributed by atoms with van der Waals surface area (Å²) in [5.41, 5.74) is 5.79. The molecule has 2 N–H and O–H groups in total. The molecule has 136 valence electrons. The van der Waals surface area contributed by atoms with Crippen LogP contribution in [0.15, 0.2) is 73.1 Å². The Balaban J connectivity index is 1.77. The van der Waals surface area contributed by atoms with E-state index in [0.717, 1.165) is 22.6 Å². The Hall–Kier alpha value is -3.27. The molecule has 2 aromatic heterocycles. The van der Waals surface area contributed by atoms with Crippen molar-refractivity contribution < 1.29 is 4.74 Å². The van der Waals surface area contributed by atoms with E-state index in [2.05, 4.69) is 70.7 Å². The minimum Gasteiger partial charge on any atom is -0.494 e. The van der Waals surface area contributed by atoms with Crippen molar-refractivity contribution in [3.63, 3.8) is 0 Å². The van der Waals surface area contributed by atoms with Crippen LogP contribution in [0.4, 0.5) is 5.69 Å². The number of fused-ring (bicyclic) bond motifs is 1. The van der Waals surface area contributed by atoms with Gasteiger partial charge in [0, 0.05) is 40.2 Å². The van der Waals surface area contributed by atoms with Crippen LogP contribution in [-0.4, -0.2) is 16.6 Å². The molecule has 0 aliphatic rings. The van der Waals surface area contributed by atoms with E-state index in [4.69, 9.17) is 4.74 Å². The van der Waals surface area contributed by atoms with Gasteiger partial charge in [-0.05, 0) is 61.9 Å². The van der Waals surface area contributed by atoms with Gasteiger partial charge in [-0.2, -0.15) is 0 Å². The zero-order valence-corrected chi connectivity index (χ0v) is 15.6. The average Bonchev–Trinajstić information content (AvgIpc) is 3.04. The van der Waals surface area contributed by atoms with Crippen molar-refractivity contribution in [2.24, 2.45) is 0 Å². The quantitative estimate of drug-likeness (QED) is 0.481. The fraction of sp³-hybridized carbons (Fsp3) is 0.174. The lowest BCUT2D eigenvalue weighted by molar-refractivity contribution is 0.340. The van der Waals surface area contributed by atoms with E-state index in [1.165, 1.54) is 16.5 Å². The lowest BCUT2D eigenvalue weighted by Gasteiger charge is -2.21. The van der Waals surface area contributed by atoms with Crippen molar-refractivity contribution in [3.8, 4) is 5.75 Å². The van der Waals surface area contributed by atoms with Gasteiger partial charge in [-0.25, -0.2) is 0 Å². The molecule has 0 amide bonds. The number of anilines is 1. The van der Waals surface area contributed by atoms with Crippen molar-refractivity contribution in [2.75, 3.05) is 11.9 Å². The third-order valence-corrected chi connectivity index (χ3v) is 4.75. The number of ether oxygens (including phenoxy) is 1. The van der Waals surface area contributed by atoms with Crippen molar-refractivity contribution in [2.45, 2.75) is 19.9 Å². The number of nitrogens with zero attached hydrogens (tertiary/aromatic N) is 1. The summed E-state index contributed by atoms with van der Waals surface area (Å²) < 4.78 is 5.56. The minimum absolute atomic E-state index is 0.0158. The topological polar surface area (TPSA) is 49.9 Å². The maximum Gasteiger partial charge on any atom is 0.119 e. The van der Waals surface area contributed by atoms with Crippen LogP contribution in [0, 0.1) is 6.92 Å². The Morgan fingerprint density at radius 1 is 1.00 bits per heavy atom. The van der Waals surface area contributed by atoms with Gasteiger partial charge in [0.25, 0.3) is 0 Å². The number of aromatic amines is 1. The molecule has 4 nitrogen and oxygen atoms in total. The van der Waals surface area contributed by atoms with E-state index < -0.39 is 0 Å². The Labute approximate surface area is 159 Å². The molecule has 0 saturated heterocycles. The van der Waals surface area contributed by atoms with E-state index in [0.29, 0.717) is 6.61 Å². The first-order valence-corrected chi connectivity index (χ1v) is 9.23. The Kier molecular flexibility index (Phi) is 4.79. The highest BCUT2D eigenvalue weighted by Gasteiger charge is 2.20. The SMILES string of the molecule is CCOc1ccc(N[C@H](c2ccncc2)c2c(C)[nH]c3ccccc23)cc1. The second kappa shape index (κ2) is 7.54. The zero-order valence-electron chi connectivity index (χ0n) is 15.6. The van der Waals surface area contributed by atoms with Crippen LogP contribution >= 0.6 is 0 Å². The summed E-state index contributed by atoms with van der Waals surface area (Å²) in [4.78, 5) is 7.69. The van der Waals surface area contributed by atoms with Gasteiger partial charge >= 0.3 is 0 Å². The molecule has 0 radical (unpaired) electrons. The van der Waals surface area contributed by atoms with E-state index in [9.17, 15) is 0 Å². The molecular weight excluding hydrogens is 334 g/mol. The normalized spacial score (nSPS) is 12.1. The highest BCUT2D eigenvalue weighted by Crippen LogP contribution is 2.34. The molecule has 2 aromatic carbocycles. The van der Waals surface area contributed by atoms with Gasteiger partial charge in [-0.1, -0.05) is 18.2 Å². The highest BCUT2D eigenvalue weighted by atomic mass is 16.5. The summed E-state index contributed by atoms with van der Waals surface area (Å²) in [6.07, 6.45) is 3.68. The highest BCUT2D eigenvalue weighted by molar-refractivity contribution is 5.86. The van der Waals surface area contributed by atoms with Crippen molar-refractivity contribution in [1.29, 1.82) is 0 Å². The number of aromatic nitrogens is 2. The number of hydrogen-bond acceptors (Lipinski definition) is 3. The van der Waals surface area contributed by atoms with Gasteiger partial charge in [-0.15, -0.1) is 0 Å². The monoisotopic (exact) mass is 357 g/mol. The minimum atomic E-state index is 0.0158. The van der Waals surface area contributed by atoms with Gasteiger partial charge in [0.05, 0.1) is 12.6 Å². The molecule has 0 unspecified atom stereocenters. The Bertz CT molecular complexity index is 1020. The van der Waals surface area contributed by atoms with Gasteiger partial charge < -0.3 is 15.0 Å². The van der Waals surface area contributed by atoms with Gasteiger partial charge in [-0.3, -0.25) is 4.98 Å². The van der Waals surface area contributed by atoms with Crippen molar-refractivity contribution in [3.05, 3.63) is 89.9 Å². The van der Waals surface area contributed by atoms with E-state index in [-0.39, 0.29) is 6.04 Å². The average molecular weight is 357 g/mol. The lowest BCUT2D eigenvalue weighted by Crippen LogP contribution is -2.13. The third-order valence-electron chi connectivity index (χ3n) is 4.75. The number of pyridine rings is 1. The first-order chi connectivity index (χ1) is 13.3. The maximum absolute atomic E-state index is 5.56. The van der Waals surface area contributed by atoms with Crippen LogP contribution in [-0.2, 0) is 0 Å². The van der Waals surface area contributed by atoms with Crippen LogP contribution < -0.4 is 10.1 Å². The van der Waals surface area contributed by atoms with Gasteiger partial charge in [0.15, 0.2) is 0 Å². The fourth-order valence-electron chi connectivity index (χ4n) is 3.53. The molecular formula is C23H23N3O. The standard InChI is InChI=1S/C23H23N3O/c1-3-27-19-10-8-18(9-11-19)26-23(17-12-14-24-15-13-17)22-16(2)25-21-7-5-4-6-20(21)22/h4-15,23,25-26H,3H2,1-2H3/t23-/m1/s1. The molecule has 2 heterocycles. The second-order valence-corrected chi connectivity index (χ2v) is 6.52. The molecule has 27 heavy (non-hydrogen) atoms. The molecule has 0 aliphatic heterocycles. The summed E-state index contributed by atoms with van der Waals surface area (Å²) in [5.74, 6) is 0.881. The van der Waals surface area contributed by atoms with Crippen LogP contribution in [0.2, 0.25) is 0 Å². The van der Waals surface area contributed by atoms with Crippen LogP contribution in [0.25, 0.3) is 10.9 Å². The summed E-state index contributed by atoms with van der Waals surface area (Å²) in [6.45, 7) is 4.79. The predicted octanol–water partition coefficient (Wildman–Crippen LogP) is 5.47. The number of nitrogens with one attached hydrogen (secondary N) is 2. The molecule has 0 saturated carbocycles. The van der Waals surface area contributed by atoms with Crippen molar-refractivity contribution >= 4 is 16.6 Å². The number of H-pyrrole nitrogens is 1.